The summed E-state index contributed by atoms with van der Waals surface area (Å²) in [6.07, 6.45) is 6.94. The third-order valence-electron chi connectivity index (χ3n) is 1.42. The van der Waals surface area contributed by atoms with E-state index in [9.17, 15) is 4.79 Å². The van der Waals surface area contributed by atoms with Gasteiger partial charge in [0.2, 0.25) is 0 Å². The first kappa shape index (κ1) is 10.2. The van der Waals surface area contributed by atoms with Crippen LogP contribution in [0.3, 0.4) is 0 Å². The van der Waals surface area contributed by atoms with Crippen LogP contribution >= 0.6 is 0 Å². The highest BCUT2D eigenvalue weighted by atomic mass is 16.1. The molecule has 11 heavy (non-hydrogen) atoms. The summed E-state index contributed by atoms with van der Waals surface area (Å²) in [5.41, 5.74) is 0. The minimum Gasteiger partial charge on any atom is -0.303 e. The molecular formula is C10H16O. The predicted molar refractivity (Wildman–Crippen MR) is 47.2 cm³/mol. The van der Waals surface area contributed by atoms with E-state index in [1.165, 1.54) is 19.3 Å². The molecule has 0 aliphatic heterocycles. The predicted octanol–water partition coefficient (Wildman–Crippen LogP) is 2.55. The van der Waals surface area contributed by atoms with Gasteiger partial charge in [0.05, 0.1) is 0 Å². The second-order valence-corrected chi connectivity index (χ2v) is 2.52. The van der Waals surface area contributed by atoms with Crippen LogP contribution in [0.5, 0.6) is 0 Å². The zero-order valence-corrected chi connectivity index (χ0v) is 7.23. The highest BCUT2D eigenvalue weighted by Crippen LogP contribution is 1.96. The Kier molecular flexibility index (Phi) is 8.58. The Hall–Kier alpha value is -0.770. The first-order valence-electron chi connectivity index (χ1n) is 4.31. The standard InChI is InChI=1S/C10H16O/c1-2-3-4-5-6-7-8-9-10-11/h10H,2-5,8-9H2,1H3. The largest absolute Gasteiger partial charge is 0.303 e. The van der Waals surface area contributed by atoms with Crippen molar-refractivity contribution in [2.45, 2.75) is 45.4 Å². The molecule has 0 saturated heterocycles. The molecule has 0 aliphatic carbocycles. The van der Waals surface area contributed by atoms with E-state index in [0.29, 0.717) is 6.42 Å². The van der Waals surface area contributed by atoms with Crippen LogP contribution in [0.1, 0.15) is 45.4 Å². The molecule has 0 fully saturated rings. The smallest absolute Gasteiger partial charge is 0.120 e. The van der Waals surface area contributed by atoms with Crippen LogP contribution in [0, 0.1) is 11.8 Å². The molecule has 0 unspecified atom stereocenters. The van der Waals surface area contributed by atoms with E-state index in [2.05, 4.69) is 18.8 Å². The van der Waals surface area contributed by atoms with Gasteiger partial charge in [0, 0.05) is 19.3 Å². The number of carbonyl (C=O) groups excluding carboxylic acids is 1. The number of hydrogen-bond donors (Lipinski definition) is 0. The minimum atomic E-state index is 0.584. The molecule has 0 saturated carbocycles. The molecule has 0 rings (SSSR count). The van der Waals surface area contributed by atoms with Gasteiger partial charge in [-0.3, -0.25) is 0 Å². The lowest BCUT2D eigenvalue weighted by Gasteiger charge is -1.87. The van der Waals surface area contributed by atoms with Gasteiger partial charge in [0.15, 0.2) is 0 Å². The van der Waals surface area contributed by atoms with Crippen LogP contribution in [0.2, 0.25) is 0 Å². The van der Waals surface area contributed by atoms with Crippen LogP contribution in [0.15, 0.2) is 0 Å². The van der Waals surface area contributed by atoms with Gasteiger partial charge in [-0.25, -0.2) is 0 Å². The molecule has 0 atom stereocenters. The van der Waals surface area contributed by atoms with E-state index in [1.54, 1.807) is 0 Å². The number of rotatable bonds is 5. The van der Waals surface area contributed by atoms with Crippen molar-refractivity contribution in [3.05, 3.63) is 0 Å². The Morgan fingerprint density at radius 2 is 1.91 bits per heavy atom. The van der Waals surface area contributed by atoms with Gasteiger partial charge in [-0.2, -0.15) is 0 Å². The molecule has 0 aromatic rings. The van der Waals surface area contributed by atoms with Crippen LogP contribution in [-0.2, 0) is 4.79 Å². The zero-order valence-electron chi connectivity index (χ0n) is 7.23. The second-order valence-electron chi connectivity index (χ2n) is 2.52. The molecular weight excluding hydrogens is 136 g/mol. The molecule has 0 aliphatic rings. The fourth-order valence-corrected chi connectivity index (χ4v) is 0.771. The van der Waals surface area contributed by atoms with Gasteiger partial charge in [-0.05, 0) is 6.42 Å². The topological polar surface area (TPSA) is 17.1 Å². The monoisotopic (exact) mass is 152 g/mol. The third kappa shape index (κ3) is 9.23. The lowest BCUT2D eigenvalue weighted by atomic mass is 10.2. The van der Waals surface area contributed by atoms with Crippen molar-refractivity contribution in [3.63, 3.8) is 0 Å². The quantitative estimate of drug-likeness (QED) is 0.336. The molecule has 0 N–H and O–H groups in total. The van der Waals surface area contributed by atoms with Crippen molar-refractivity contribution in [2.24, 2.45) is 0 Å². The van der Waals surface area contributed by atoms with Gasteiger partial charge >= 0.3 is 0 Å². The first-order chi connectivity index (χ1) is 5.41. The summed E-state index contributed by atoms with van der Waals surface area (Å²) in [5.74, 6) is 6.01. The lowest BCUT2D eigenvalue weighted by molar-refractivity contribution is -0.107. The molecule has 0 aromatic carbocycles. The van der Waals surface area contributed by atoms with E-state index < -0.39 is 0 Å². The van der Waals surface area contributed by atoms with Crippen LogP contribution in [0.25, 0.3) is 0 Å². The summed E-state index contributed by atoms with van der Waals surface area (Å²) >= 11 is 0. The van der Waals surface area contributed by atoms with Crippen LogP contribution in [0.4, 0.5) is 0 Å². The SMILES string of the molecule is CCCCCC#CCCC=O. The highest BCUT2D eigenvalue weighted by molar-refractivity contribution is 5.49. The summed E-state index contributed by atoms with van der Waals surface area (Å²) in [4.78, 5) is 9.87. The number of aldehydes is 1. The maximum Gasteiger partial charge on any atom is 0.120 e. The van der Waals surface area contributed by atoms with E-state index in [1.807, 2.05) is 0 Å². The Balaban J connectivity index is 3.05. The molecule has 0 radical (unpaired) electrons. The summed E-state index contributed by atoms with van der Waals surface area (Å²) in [5, 5.41) is 0. The van der Waals surface area contributed by atoms with Crippen molar-refractivity contribution in [1.29, 1.82) is 0 Å². The molecule has 1 nitrogen and oxygen atoms in total. The maximum atomic E-state index is 9.87. The number of carbonyl (C=O) groups is 1. The normalized spacial score (nSPS) is 8.45. The van der Waals surface area contributed by atoms with Gasteiger partial charge in [-0.1, -0.05) is 19.8 Å². The average Bonchev–Trinajstić information content (AvgIpc) is 2.03. The molecule has 0 amide bonds. The fourth-order valence-electron chi connectivity index (χ4n) is 0.771. The molecule has 0 aromatic heterocycles. The minimum absolute atomic E-state index is 0.584. The van der Waals surface area contributed by atoms with Crippen molar-refractivity contribution >= 4 is 6.29 Å². The van der Waals surface area contributed by atoms with Crippen molar-refractivity contribution < 1.29 is 4.79 Å². The number of hydrogen-bond acceptors (Lipinski definition) is 1. The zero-order chi connectivity index (χ0) is 8.36. The Morgan fingerprint density at radius 1 is 1.18 bits per heavy atom. The van der Waals surface area contributed by atoms with Crippen molar-refractivity contribution in [1.82, 2.24) is 0 Å². The van der Waals surface area contributed by atoms with Crippen LogP contribution < -0.4 is 0 Å². The molecule has 0 spiro atoms. The first-order valence-corrected chi connectivity index (χ1v) is 4.31. The van der Waals surface area contributed by atoms with Gasteiger partial charge in [0.25, 0.3) is 0 Å². The lowest BCUT2D eigenvalue weighted by Crippen LogP contribution is -1.73. The highest BCUT2D eigenvalue weighted by Gasteiger charge is 1.80. The Labute approximate surface area is 69.2 Å². The molecule has 0 heterocycles. The maximum absolute atomic E-state index is 9.87. The van der Waals surface area contributed by atoms with E-state index in [0.717, 1.165) is 19.1 Å². The van der Waals surface area contributed by atoms with E-state index >= 15 is 0 Å². The van der Waals surface area contributed by atoms with Crippen LogP contribution in [-0.4, -0.2) is 6.29 Å². The summed E-state index contributed by atoms with van der Waals surface area (Å²) < 4.78 is 0. The average molecular weight is 152 g/mol. The van der Waals surface area contributed by atoms with Crippen molar-refractivity contribution in [3.8, 4) is 11.8 Å². The molecule has 0 bridgehead atoms. The Morgan fingerprint density at radius 3 is 2.55 bits per heavy atom. The summed E-state index contributed by atoms with van der Waals surface area (Å²) in [6.45, 7) is 2.18. The van der Waals surface area contributed by atoms with Crippen molar-refractivity contribution in [2.75, 3.05) is 0 Å². The van der Waals surface area contributed by atoms with E-state index in [-0.39, 0.29) is 0 Å². The van der Waals surface area contributed by atoms with Gasteiger partial charge in [-0.15, -0.1) is 11.8 Å². The van der Waals surface area contributed by atoms with E-state index in [4.69, 9.17) is 0 Å². The third-order valence-corrected chi connectivity index (χ3v) is 1.42. The summed E-state index contributed by atoms with van der Waals surface area (Å²) in [7, 11) is 0. The summed E-state index contributed by atoms with van der Waals surface area (Å²) in [6, 6.07) is 0. The van der Waals surface area contributed by atoms with Gasteiger partial charge < -0.3 is 4.79 Å². The second kappa shape index (κ2) is 9.23. The molecule has 62 valence electrons. The number of unbranched alkanes of at least 4 members (excludes halogenated alkanes) is 4. The molecule has 1 heteroatoms. The van der Waals surface area contributed by atoms with Gasteiger partial charge in [0.1, 0.15) is 6.29 Å². The Bertz CT molecular complexity index is 139. The fraction of sp³-hybridized carbons (Fsp3) is 0.700.